The van der Waals surface area contributed by atoms with Gasteiger partial charge in [-0.15, -0.1) is 0 Å². The lowest BCUT2D eigenvalue weighted by molar-refractivity contribution is 0.101. The third kappa shape index (κ3) is 1.67. The van der Waals surface area contributed by atoms with Crippen LogP contribution in [0.5, 0.6) is 0 Å². The van der Waals surface area contributed by atoms with Gasteiger partial charge in [0.05, 0.1) is 10.6 Å². The zero-order valence-corrected chi connectivity index (χ0v) is 8.54. The van der Waals surface area contributed by atoms with Gasteiger partial charge in [0.1, 0.15) is 0 Å². The first-order valence-corrected chi connectivity index (χ1v) is 4.35. The number of hydrogen-bond donors (Lipinski definition) is 0. The van der Waals surface area contributed by atoms with Gasteiger partial charge in [0.2, 0.25) is 0 Å². The van der Waals surface area contributed by atoms with Gasteiger partial charge >= 0.3 is 0 Å². The standard InChI is InChI=1S/C8H5BrClFO/c1-4(12)7-5(9)2-3-6(10)8(7)11/h2-3H,1H3. The maximum Gasteiger partial charge on any atom is 0.163 e. The van der Waals surface area contributed by atoms with Crippen LogP contribution in [0, 0.1) is 5.82 Å². The van der Waals surface area contributed by atoms with E-state index in [9.17, 15) is 9.18 Å². The van der Waals surface area contributed by atoms with Crippen molar-refractivity contribution in [2.24, 2.45) is 0 Å². The number of ketones is 1. The summed E-state index contributed by atoms with van der Waals surface area (Å²) >= 11 is 8.54. The van der Waals surface area contributed by atoms with Crippen LogP contribution in [0.3, 0.4) is 0 Å². The number of halogens is 3. The Morgan fingerprint density at radius 3 is 2.58 bits per heavy atom. The molecule has 0 aliphatic carbocycles. The van der Waals surface area contributed by atoms with Crippen LogP contribution in [0.4, 0.5) is 4.39 Å². The Hall–Kier alpha value is -0.410. The fourth-order valence-corrected chi connectivity index (χ4v) is 1.59. The number of hydrogen-bond acceptors (Lipinski definition) is 1. The van der Waals surface area contributed by atoms with Crippen LogP contribution < -0.4 is 0 Å². The highest BCUT2D eigenvalue weighted by Gasteiger charge is 2.14. The first kappa shape index (κ1) is 9.68. The number of rotatable bonds is 1. The van der Waals surface area contributed by atoms with E-state index in [1.807, 2.05) is 0 Å². The molecule has 0 radical (unpaired) electrons. The summed E-state index contributed by atoms with van der Waals surface area (Å²) in [7, 11) is 0. The minimum absolute atomic E-state index is 0.00231. The molecule has 0 unspecified atom stereocenters. The van der Waals surface area contributed by atoms with Crippen LogP contribution in [-0.2, 0) is 0 Å². The molecule has 64 valence electrons. The van der Waals surface area contributed by atoms with Crippen molar-refractivity contribution < 1.29 is 9.18 Å². The van der Waals surface area contributed by atoms with E-state index in [0.29, 0.717) is 4.47 Å². The molecule has 0 spiro atoms. The molecule has 1 rings (SSSR count). The largest absolute Gasteiger partial charge is 0.294 e. The lowest BCUT2D eigenvalue weighted by Gasteiger charge is -2.02. The highest BCUT2D eigenvalue weighted by Crippen LogP contribution is 2.25. The van der Waals surface area contributed by atoms with Crippen molar-refractivity contribution in [1.29, 1.82) is 0 Å². The third-order valence-corrected chi connectivity index (χ3v) is 2.35. The smallest absolute Gasteiger partial charge is 0.163 e. The molecule has 4 heteroatoms. The molecule has 0 saturated carbocycles. The first-order valence-electron chi connectivity index (χ1n) is 3.18. The Morgan fingerprint density at radius 2 is 2.17 bits per heavy atom. The van der Waals surface area contributed by atoms with Crippen molar-refractivity contribution in [3.63, 3.8) is 0 Å². The molecule has 12 heavy (non-hydrogen) atoms. The van der Waals surface area contributed by atoms with Crippen molar-refractivity contribution in [2.75, 3.05) is 0 Å². The summed E-state index contributed by atoms with van der Waals surface area (Å²) in [6, 6.07) is 2.94. The molecule has 0 saturated heterocycles. The summed E-state index contributed by atoms with van der Waals surface area (Å²) < 4.78 is 13.6. The molecule has 0 fully saturated rings. The molecule has 1 aromatic rings. The molecule has 0 heterocycles. The fraction of sp³-hybridized carbons (Fsp3) is 0.125. The van der Waals surface area contributed by atoms with E-state index in [4.69, 9.17) is 11.6 Å². The van der Waals surface area contributed by atoms with Gasteiger partial charge in [-0.1, -0.05) is 11.6 Å². The lowest BCUT2D eigenvalue weighted by Crippen LogP contribution is -1.98. The zero-order chi connectivity index (χ0) is 9.30. The molecular formula is C8H5BrClFO. The predicted octanol–water partition coefficient (Wildman–Crippen LogP) is 3.44. The van der Waals surface area contributed by atoms with Crippen LogP contribution in [0.2, 0.25) is 5.02 Å². The molecular weight excluding hydrogens is 246 g/mol. The Balaban J connectivity index is 3.43. The highest BCUT2D eigenvalue weighted by atomic mass is 79.9. The van der Waals surface area contributed by atoms with E-state index < -0.39 is 5.82 Å². The van der Waals surface area contributed by atoms with Crippen LogP contribution in [-0.4, -0.2) is 5.78 Å². The predicted molar refractivity (Wildman–Crippen MR) is 49.1 cm³/mol. The Morgan fingerprint density at radius 1 is 1.58 bits per heavy atom. The van der Waals surface area contributed by atoms with Gasteiger partial charge in [-0.2, -0.15) is 0 Å². The second-order valence-corrected chi connectivity index (χ2v) is 3.54. The molecule has 1 nitrogen and oxygen atoms in total. The molecule has 0 bridgehead atoms. The van der Waals surface area contributed by atoms with Gasteiger partial charge in [0.15, 0.2) is 11.6 Å². The van der Waals surface area contributed by atoms with Crippen molar-refractivity contribution >= 4 is 33.3 Å². The average Bonchev–Trinajstić information content (AvgIpc) is 1.97. The maximum absolute atomic E-state index is 13.1. The minimum Gasteiger partial charge on any atom is -0.294 e. The van der Waals surface area contributed by atoms with Crippen molar-refractivity contribution in [2.45, 2.75) is 6.92 Å². The fourth-order valence-electron chi connectivity index (χ4n) is 0.850. The van der Waals surface area contributed by atoms with E-state index in [-0.39, 0.29) is 16.4 Å². The Kier molecular flexibility index (Phi) is 2.85. The maximum atomic E-state index is 13.1. The molecule has 0 N–H and O–H groups in total. The lowest BCUT2D eigenvalue weighted by atomic mass is 10.1. The number of carbonyl (C=O) groups is 1. The van der Waals surface area contributed by atoms with E-state index in [0.717, 1.165) is 0 Å². The average molecular weight is 251 g/mol. The van der Waals surface area contributed by atoms with Crippen molar-refractivity contribution in [1.82, 2.24) is 0 Å². The summed E-state index contributed by atoms with van der Waals surface area (Å²) in [6.45, 7) is 1.29. The number of Topliss-reactive ketones (excluding diaryl/α,β-unsaturated/α-hetero) is 1. The van der Waals surface area contributed by atoms with Gasteiger partial charge in [0.25, 0.3) is 0 Å². The normalized spacial score (nSPS) is 10.0. The van der Waals surface area contributed by atoms with Crippen LogP contribution >= 0.6 is 27.5 Å². The highest BCUT2D eigenvalue weighted by molar-refractivity contribution is 9.10. The van der Waals surface area contributed by atoms with Crippen LogP contribution in [0.1, 0.15) is 17.3 Å². The summed E-state index contributed by atoms with van der Waals surface area (Å²) in [5.41, 5.74) is 0.00231. The quantitative estimate of drug-likeness (QED) is 0.552. The summed E-state index contributed by atoms with van der Waals surface area (Å²) in [5.74, 6) is -1.01. The van der Waals surface area contributed by atoms with Gasteiger partial charge in [-0.05, 0) is 35.0 Å². The van der Waals surface area contributed by atoms with E-state index in [1.165, 1.54) is 13.0 Å². The molecule has 0 amide bonds. The van der Waals surface area contributed by atoms with Crippen LogP contribution in [0.25, 0.3) is 0 Å². The van der Waals surface area contributed by atoms with Crippen LogP contribution in [0.15, 0.2) is 16.6 Å². The third-order valence-electron chi connectivity index (χ3n) is 1.40. The van der Waals surface area contributed by atoms with Crippen molar-refractivity contribution in [3.8, 4) is 0 Å². The molecule has 0 aromatic heterocycles. The van der Waals surface area contributed by atoms with Crippen molar-refractivity contribution in [3.05, 3.63) is 33.0 Å². The number of carbonyl (C=O) groups excluding carboxylic acids is 1. The molecule has 0 aliphatic heterocycles. The first-order chi connectivity index (χ1) is 5.54. The van der Waals surface area contributed by atoms with E-state index in [1.54, 1.807) is 6.07 Å². The SMILES string of the molecule is CC(=O)c1c(Br)ccc(Cl)c1F. The second kappa shape index (κ2) is 3.54. The summed E-state index contributed by atoms with van der Waals surface area (Å²) in [6.07, 6.45) is 0. The molecule has 1 aromatic carbocycles. The summed E-state index contributed by atoms with van der Waals surface area (Å²) in [4.78, 5) is 10.9. The van der Waals surface area contributed by atoms with E-state index >= 15 is 0 Å². The van der Waals surface area contributed by atoms with Gasteiger partial charge in [0, 0.05) is 4.47 Å². The zero-order valence-electron chi connectivity index (χ0n) is 6.20. The topological polar surface area (TPSA) is 17.1 Å². The molecule has 0 atom stereocenters. The van der Waals surface area contributed by atoms with Gasteiger partial charge in [-0.25, -0.2) is 4.39 Å². The Bertz CT molecular complexity index is 338. The van der Waals surface area contributed by atoms with Gasteiger partial charge in [-0.3, -0.25) is 4.79 Å². The molecule has 0 aliphatic rings. The monoisotopic (exact) mass is 250 g/mol. The van der Waals surface area contributed by atoms with E-state index in [2.05, 4.69) is 15.9 Å². The minimum atomic E-state index is -0.668. The second-order valence-electron chi connectivity index (χ2n) is 2.27. The Labute approximate surface area is 82.7 Å². The number of benzene rings is 1. The van der Waals surface area contributed by atoms with Gasteiger partial charge < -0.3 is 0 Å². The summed E-state index contributed by atoms with van der Waals surface area (Å²) in [5, 5.41) is -0.0385.